The van der Waals surface area contributed by atoms with Gasteiger partial charge < -0.3 is 14.8 Å². The number of aryl methyl sites for hydroxylation is 3. The normalized spacial score (nSPS) is 15.1. The van der Waals surface area contributed by atoms with Gasteiger partial charge in [0.15, 0.2) is 11.5 Å². The maximum atomic E-state index is 13.0. The summed E-state index contributed by atoms with van der Waals surface area (Å²) < 4.78 is 7.16. The SMILES string of the molecule is CC.Cc1nn(C)c(C)c1-c1nc2nccc(-c3ccc4c(c3)CCCCC4NC(=O)c3nc(C(C)(C)C)no3)c2[nH]1. The maximum absolute atomic E-state index is 13.0. The molecule has 42 heavy (non-hydrogen) atoms. The number of hydrogen-bond acceptors (Lipinski definition) is 7. The van der Waals surface area contributed by atoms with Gasteiger partial charge in [0.25, 0.3) is 0 Å². The number of carbonyl (C=O) groups excluding carboxylic acids is 1. The number of H-pyrrole nitrogens is 1. The average Bonchev–Trinajstić information content (AvgIpc) is 3.65. The fourth-order valence-corrected chi connectivity index (χ4v) is 5.53. The van der Waals surface area contributed by atoms with Gasteiger partial charge in [-0.3, -0.25) is 9.48 Å². The highest BCUT2D eigenvalue weighted by Crippen LogP contribution is 2.35. The van der Waals surface area contributed by atoms with Gasteiger partial charge in [0.2, 0.25) is 0 Å². The van der Waals surface area contributed by atoms with Crippen molar-refractivity contribution in [1.82, 2.24) is 40.2 Å². The third-order valence-electron chi connectivity index (χ3n) is 7.75. The van der Waals surface area contributed by atoms with E-state index in [9.17, 15) is 4.79 Å². The van der Waals surface area contributed by atoms with Crippen LogP contribution in [0.4, 0.5) is 0 Å². The Hall–Kier alpha value is -4.34. The number of carbonyl (C=O) groups is 1. The van der Waals surface area contributed by atoms with Gasteiger partial charge in [-0.05, 0) is 55.9 Å². The van der Waals surface area contributed by atoms with Crippen LogP contribution >= 0.6 is 0 Å². The predicted octanol–water partition coefficient (Wildman–Crippen LogP) is 6.55. The minimum atomic E-state index is -0.341. The van der Waals surface area contributed by atoms with E-state index >= 15 is 0 Å². The fraction of sp³-hybridized carbons (Fsp3) is 0.438. The number of amides is 1. The quantitative estimate of drug-likeness (QED) is 0.235. The van der Waals surface area contributed by atoms with Crippen LogP contribution in [0.5, 0.6) is 0 Å². The Kier molecular flexibility index (Phi) is 7.99. The van der Waals surface area contributed by atoms with Crippen LogP contribution in [0.3, 0.4) is 0 Å². The van der Waals surface area contributed by atoms with Crippen molar-refractivity contribution in [2.75, 3.05) is 0 Å². The molecule has 5 aromatic rings. The number of aromatic nitrogens is 7. The molecular formula is C32H40N8O2. The first kappa shape index (κ1) is 29.2. The molecule has 4 aromatic heterocycles. The number of aromatic amines is 1. The number of nitrogens with one attached hydrogen (secondary N) is 2. The van der Waals surface area contributed by atoms with E-state index in [2.05, 4.69) is 48.7 Å². The first-order valence-corrected chi connectivity index (χ1v) is 14.7. The fourth-order valence-electron chi connectivity index (χ4n) is 5.53. The molecule has 10 nitrogen and oxygen atoms in total. The number of nitrogens with zero attached hydrogens (tertiary/aromatic N) is 6. The summed E-state index contributed by atoms with van der Waals surface area (Å²) >= 11 is 0. The van der Waals surface area contributed by atoms with Crippen molar-refractivity contribution in [3.8, 4) is 22.5 Å². The number of rotatable bonds is 4. The van der Waals surface area contributed by atoms with Crippen LogP contribution in [-0.2, 0) is 18.9 Å². The molecule has 0 fully saturated rings. The number of benzene rings is 1. The second-order valence-corrected chi connectivity index (χ2v) is 11.7. The molecule has 0 bridgehead atoms. The van der Waals surface area contributed by atoms with E-state index in [0.717, 1.165) is 70.7 Å². The monoisotopic (exact) mass is 568 g/mol. The summed E-state index contributed by atoms with van der Waals surface area (Å²) in [5.74, 6) is 0.946. The van der Waals surface area contributed by atoms with E-state index in [1.165, 1.54) is 5.56 Å². The van der Waals surface area contributed by atoms with E-state index in [-0.39, 0.29) is 23.3 Å². The van der Waals surface area contributed by atoms with Gasteiger partial charge in [-0.1, -0.05) is 64.4 Å². The lowest BCUT2D eigenvalue weighted by Crippen LogP contribution is -2.29. The number of hydrogen-bond donors (Lipinski definition) is 2. The van der Waals surface area contributed by atoms with E-state index in [1.807, 2.05) is 66.3 Å². The Morgan fingerprint density at radius 1 is 1.12 bits per heavy atom. The standard InChI is InChI=1S/C30H34N8O2.C2H6/c1-16-23(17(2)38(6)36-16)25-33-24-21(13-14-31-26(24)34-25)19-11-12-20-18(15-19)9-7-8-10-22(20)32-27(39)28-35-29(37-40-28)30(3,4)5;1-2/h11-15,22H,7-10H2,1-6H3,(H,32,39)(H,31,33,34);1-2H3. The zero-order valence-electron chi connectivity index (χ0n) is 25.8. The molecule has 4 heterocycles. The number of fused-ring (bicyclic) bond motifs is 2. The van der Waals surface area contributed by atoms with Crippen LogP contribution in [-0.4, -0.2) is 40.8 Å². The van der Waals surface area contributed by atoms with Crippen LogP contribution < -0.4 is 5.32 Å². The average molecular weight is 569 g/mol. The molecule has 1 atom stereocenters. The van der Waals surface area contributed by atoms with Crippen LogP contribution in [0, 0.1) is 13.8 Å². The van der Waals surface area contributed by atoms with E-state index < -0.39 is 0 Å². The van der Waals surface area contributed by atoms with Crippen molar-refractivity contribution in [2.45, 2.75) is 85.6 Å². The minimum Gasteiger partial charge on any atom is -0.341 e. The van der Waals surface area contributed by atoms with Crippen LogP contribution in [0.2, 0.25) is 0 Å². The van der Waals surface area contributed by atoms with Crippen LogP contribution in [0.25, 0.3) is 33.7 Å². The second-order valence-electron chi connectivity index (χ2n) is 11.7. The molecule has 0 saturated heterocycles. The topological polar surface area (TPSA) is 127 Å². The summed E-state index contributed by atoms with van der Waals surface area (Å²) in [7, 11) is 1.94. The molecule has 1 unspecified atom stereocenters. The second kappa shape index (κ2) is 11.5. The van der Waals surface area contributed by atoms with Gasteiger partial charge in [-0.25, -0.2) is 9.97 Å². The summed E-state index contributed by atoms with van der Waals surface area (Å²) in [5, 5.41) is 11.7. The molecule has 220 valence electrons. The Balaban J connectivity index is 0.00000173. The zero-order chi connectivity index (χ0) is 30.2. The molecule has 10 heteroatoms. The summed E-state index contributed by atoms with van der Waals surface area (Å²) in [6, 6.07) is 8.38. The maximum Gasteiger partial charge on any atom is 0.315 e. The smallest absolute Gasteiger partial charge is 0.315 e. The summed E-state index contributed by atoms with van der Waals surface area (Å²) in [6.45, 7) is 14.0. The van der Waals surface area contributed by atoms with Crippen molar-refractivity contribution >= 4 is 17.1 Å². The van der Waals surface area contributed by atoms with Crippen molar-refractivity contribution in [3.63, 3.8) is 0 Å². The van der Waals surface area contributed by atoms with Gasteiger partial charge >= 0.3 is 11.8 Å². The van der Waals surface area contributed by atoms with Gasteiger partial charge in [0.05, 0.1) is 22.8 Å². The molecule has 2 N–H and O–H groups in total. The van der Waals surface area contributed by atoms with Gasteiger partial charge in [0.1, 0.15) is 5.82 Å². The third-order valence-corrected chi connectivity index (χ3v) is 7.75. The van der Waals surface area contributed by atoms with Crippen molar-refractivity contribution in [3.05, 3.63) is 64.7 Å². The highest BCUT2D eigenvalue weighted by molar-refractivity contribution is 5.92. The molecule has 0 saturated carbocycles. The van der Waals surface area contributed by atoms with E-state index in [1.54, 1.807) is 6.20 Å². The van der Waals surface area contributed by atoms with Gasteiger partial charge in [-0.2, -0.15) is 10.1 Å². The summed E-state index contributed by atoms with van der Waals surface area (Å²) in [4.78, 5) is 30.3. The van der Waals surface area contributed by atoms with E-state index in [4.69, 9.17) is 9.51 Å². The lowest BCUT2D eigenvalue weighted by molar-refractivity contribution is 0.0890. The van der Waals surface area contributed by atoms with Crippen molar-refractivity contribution in [1.29, 1.82) is 0 Å². The highest BCUT2D eigenvalue weighted by Gasteiger charge is 2.27. The molecule has 1 aliphatic rings. The molecule has 1 aliphatic carbocycles. The minimum absolute atomic E-state index is 0.000610. The zero-order valence-corrected chi connectivity index (χ0v) is 25.8. The Morgan fingerprint density at radius 2 is 1.90 bits per heavy atom. The van der Waals surface area contributed by atoms with Crippen LogP contribution in [0.1, 0.15) is 98.9 Å². The molecule has 0 aliphatic heterocycles. The van der Waals surface area contributed by atoms with Gasteiger partial charge in [-0.15, -0.1) is 0 Å². The van der Waals surface area contributed by atoms with Crippen molar-refractivity contribution < 1.29 is 9.32 Å². The number of pyridine rings is 1. The molecule has 6 rings (SSSR count). The molecular weight excluding hydrogens is 528 g/mol. The Morgan fingerprint density at radius 3 is 2.60 bits per heavy atom. The van der Waals surface area contributed by atoms with Crippen LogP contribution in [0.15, 0.2) is 35.0 Å². The summed E-state index contributed by atoms with van der Waals surface area (Å²) in [5.41, 5.74) is 8.72. The van der Waals surface area contributed by atoms with Gasteiger partial charge in [0, 0.05) is 29.9 Å². The first-order valence-electron chi connectivity index (χ1n) is 14.7. The number of imidazole rings is 1. The Labute approximate surface area is 246 Å². The lowest BCUT2D eigenvalue weighted by atomic mass is 9.94. The summed E-state index contributed by atoms with van der Waals surface area (Å²) in [6.07, 6.45) is 5.67. The largest absolute Gasteiger partial charge is 0.341 e. The van der Waals surface area contributed by atoms with Crippen molar-refractivity contribution in [2.24, 2.45) is 7.05 Å². The molecule has 0 radical (unpaired) electrons. The first-order chi connectivity index (χ1) is 20.1. The lowest BCUT2D eigenvalue weighted by Gasteiger charge is -2.19. The highest BCUT2D eigenvalue weighted by atomic mass is 16.5. The molecule has 0 spiro atoms. The van der Waals surface area contributed by atoms with E-state index in [0.29, 0.717) is 11.5 Å². The Bertz CT molecular complexity index is 1740. The predicted molar refractivity (Wildman–Crippen MR) is 163 cm³/mol. The third kappa shape index (κ3) is 5.45. The molecule has 1 amide bonds. The molecule has 1 aromatic carbocycles.